The van der Waals surface area contributed by atoms with Gasteiger partial charge >= 0.3 is 6.18 Å². The van der Waals surface area contributed by atoms with Crippen LogP contribution in [0.4, 0.5) is 18.9 Å². The van der Waals surface area contributed by atoms with Gasteiger partial charge in [-0.2, -0.15) is 13.2 Å². The van der Waals surface area contributed by atoms with Crippen LogP contribution in [0.1, 0.15) is 23.7 Å². The van der Waals surface area contributed by atoms with E-state index in [4.69, 9.17) is 0 Å². The Kier molecular flexibility index (Phi) is 4.88. The molecule has 1 aromatic carbocycles. The Morgan fingerprint density at radius 1 is 1.14 bits per heavy atom. The maximum Gasteiger partial charge on any atom is 0.401 e. The van der Waals surface area contributed by atoms with Crippen LogP contribution in [0.3, 0.4) is 0 Å². The molecule has 0 aliphatic carbocycles. The quantitative estimate of drug-likeness (QED) is 0.799. The first-order valence-electron chi connectivity index (χ1n) is 7.07. The number of benzene rings is 1. The number of ketones is 1. The van der Waals surface area contributed by atoms with E-state index in [0.717, 1.165) is 5.69 Å². The SMILES string of the molecule is CCC(=O)c1ccccc1N1CCN(CC(F)(F)F)CC1. The van der Waals surface area contributed by atoms with Crippen LogP contribution < -0.4 is 4.90 Å². The number of hydrogen-bond donors (Lipinski definition) is 0. The first-order chi connectivity index (χ1) is 9.90. The van der Waals surface area contributed by atoms with Crippen molar-refractivity contribution in [1.82, 2.24) is 4.90 Å². The molecule has 1 fully saturated rings. The van der Waals surface area contributed by atoms with Gasteiger partial charge in [-0.1, -0.05) is 19.1 Å². The Balaban J connectivity index is 2.04. The molecule has 0 radical (unpaired) electrons. The Hall–Kier alpha value is -1.56. The lowest BCUT2D eigenvalue weighted by Gasteiger charge is -2.37. The summed E-state index contributed by atoms with van der Waals surface area (Å²) < 4.78 is 37.1. The summed E-state index contributed by atoms with van der Waals surface area (Å²) in [5.74, 6) is 0.0586. The van der Waals surface area contributed by atoms with Crippen molar-refractivity contribution >= 4 is 11.5 Å². The molecule has 1 heterocycles. The molecule has 1 saturated heterocycles. The number of carbonyl (C=O) groups is 1. The lowest BCUT2D eigenvalue weighted by atomic mass is 10.1. The van der Waals surface area contributed by atoms with Crippen molar-refractivity contribution in [2.75, 3.05) is 37.6 Å². The average molecular weight is 300 g/mol. The highest BCUT2D eigenvalue weighted by Gasteiger charge is 2.32. The van der Waals surface area contributed by atoms with E-state index in [9.17, 15) is 18.0 Å². The summed E-state index contributed by atoms with van der Waals surface area (Å²) in [4.78, 5) is 15.3. The molecule has 1 aliphatic heterocycles. The van der Waals surface area contributed by atoms with Crippen molar-refractivity contribution in [3.63, 3.8) is 0 Å². The van der Waals surface area contributed by atoms with Crippen LogP contribution in [-0.4, -0.2) is 49.6 Å². The number of rotatable bonds is 4. The first-order valence-corrected chi connectivity index (χ1v) is 7.07. The van der Waals surface area contributed by atoms with Crippen LogP contribution >= 0.6 is 0 Å². The number of alkyl halides is 3. The molecule has 0 atom stereocenters. The molecule has 0 amide bonds. The molecule has 116 valence electrons. The van der Waals surface area contributed by atoms with E-state index in [-0.39, 0.29) is 5.78 Å². The largest absolute Gasteiger partial charge is 0.401 e. The van der Waals surface area contributed by atoms with Crippen LogP contribution in [0.2, 0.25) is 0 Å². The Morgan fingerprint density at radius 2 is 1.76 bits per heavy atom. The van der Waals surface area contributed by atoms with Crippen molar-refractivity contribution < 1.29 is 18.0 Å². The van der Waals surface area contributed by atoms with Crippen molar-refractivity contribution in [1.29, 1.82) is 0 Å². The lowest BCUT2D eigenvalue weighted by Crippen LogP contribution is -2.49. The number of nitrogens with zero attached hydrogens (tertiary/aromatic N) is 2. The van der Waals surface area contributed by atoms with Crippen molar-refractivity contribution in [2.24, 2.45) is 0 Å². The van der Waals surface area contributed by atoms with Crippen LogP contribution in [0, 0.1) is 0 Å². The standard InChI is InChI=1S/C15H19F3N2O/c1-2-14(21)12-5-3-4-6-13(12)20-9-7-19(8-10-20)11-15(16,17)18/h3-6H,2,7-11H2,1H3. The van der Waals surface area contributed by atoms with Gasteiger partial charge in [-0.3, -0.25) is 9.69 Å². The molecular weight excluding hydrogens is 281 g/mol. The van der Waals surface area contributed by atoms with Crippen molar-refractivity contribution in [3.8, 4) is 0 Å². The van der Waals surface area contributed by atoms with Gasteiger partial charge in [0.05, 0.1) is 6.54 Å². The highest BCUT2D eigenvalue weighted by Crippen LogP contribution is 2.24. The Bertz CT molecular complexity index is 494. The summed E-state index contributed by atoms with van der Waals surface area (Å²) in [5, 5.41) is 0. The second kappa shape index (κ2) is 6.47. The third kappa shape index (κ3) is 4.20. The minimum atomic E-state index is -4.15. The van der Waals surface area contributed by atoms with Crippen molar-refractivity contribution in [2.45, 2.75) is 19.5 Å². The van der Waals surface area contributed by atoms with E-state index in [2.05, 4.69) is 0 Å². The predicted molar refractivity (Wildman–Crippen MR) is 75.8 cm³/mol. The maximum absolute atomic E-state index is 12.4. The smallest absolute Gasteiger partial charge is 0.368 e. The molecule has 6 heteroatoms. The van der Waals surface area contributed by atoms with Gasteiger partial charge in [0.25, 0.3) is 0 Å². The minimum Gasteiger partial charge on any atom is -0.368 e. The fourth-order valence-electron chi connectivity index (χ4n) is 2.58. The van der Waals surface area contributed by atoms with Gasteiger partial charge in [0.2, 0.25) is 0 Å². The van der Waals surface area contributed by atoms with Crippen LogP contribution in [-0.2, 0) is 0 Å². The van der Waals surface area contributed by atoms with Gasteiger partial charge in [0.1, 0.15) is 0 Å². The second-order valence-electron chi connectivity index (χ2n) is 5.17. The molecule has 0 bridgehead atoms. The summed E-state index contributed by atoms with van der Waals surface area (Å²) in [6.07, 6.45) is -3.73. The number of anilines is 1. The molecule has 2 rings (SSSR count). The summed E-state index contributed by atoms with van der Waals surface area (Å²) in [6.45, 7) is 2.66. The molecule has 1 aromatic rings. The van der Waals surface area contributed by atoms with E-state index >= 15 is 0 Å². The molecule has 0 unspecified atom stereocenters. The lowest BCUT2D eigenvalue weighted by molar-refractivity contribution is -0.146. The summed E-state index contributed by atoms with van der Waals surface area (Å²) in [6, 6.07) is 7.31. The van der Waals surface area contributed by atoms with Crippen LogP contribution in [0.25, 0.3) is 0 Å². The van der Waals surface area contributed by atoms with Crippen LogP contribution in [0.5, 0.6) is 0 Å². The fraction of sp³-hybridized carbons (Fsp3) is 0.533. The summed E-state index contributed by atoms with van der Waals surface area (Å²) in [7, 11) is 0. The fourth-order valence-corrected chi connectivity index (χ4v) is 2.58. The molecule has 0 spiro atoms. The maximum atomic E-state index is 12.4. The molecule has 0 N–H and O–H groups in total. The van der Waals surface area contributed by atoms with Crippen molar-refractivity contribution in [3.05, 3.63) is 29.8 Å². The molecule has 0 saturated carbocycles. The van der Waals surface area contributed by atoms with Gasteiger partial charge < -0.3 is 4.90 Å². The highest BCUT2D eigenvalue weighted by molar-refractivity contribution is 6.01. The number of halogens is 3. The third-order valence-electron chi connectivity index (χ3n) is 3.64. The van der Waals surface area contributed by atoms with Gasteiger partial charge in [0, 0.05) is 43.9 Å². The first kappa shape index (κ1) is 15.8. The number of Topliss-reactive ketones (excluding diaryl/α,β-unsaturated/α-hetero) is 1. The Morgan fingerprint density at radius 3 is 2.33 bits per heavy atom. The monoisotopic (exact) mass is 300 g/mol. The van der Waals surface area contributed by atoms with E-state index in [1.807, 2.05) is 23.1 Å². The molecule has 3 nitrogen and oxygen atoms in total. The average Bonchev–Trinajstić information content (AvgIpc) is 2.45. The summed E-state index contributed by atoms with van der Waals surface area (Å²) in [5.41, 5.74) is 1.49. The number of piperazine rings is 1. The van der Waals surface area contributed by atoms with Gasteiger partial charge in [-0.05, 0) is 12.1 Å². The zero-order chi connectivity index (χ0) is 15.5. The normalized spacial score (nSPS) is 17.0. The van der Waals surface area contributed by atoms with Gasteiger partial charge in [0.15, 0.2) is 5.78 Å². The highest BCUT2D eigenvalue weighted by atomic mass is 19.4. The minimum absolute atomic E-state index is 0.0586. The number of para-hydroxylation sites is 1. The topological polar surface area (TPSA) is 23.6 Å². The second-order valence-corrected chi connectivity index (χ2v) is 5.17. The third-order valence-corrected chi connectivity index (χ3v) is 3.64. The molecular formula is C15H19F3N2O. The molecule has 0 aromatic heterocycles. The zero-order valence-corrected chi connectivity index (χ0v) is 12.0. The molecule has 1 aliphatic rings. The zero-order valence-electron chi connectivity index (χ0n) is 12.0. The number of hydrogen-bond acceptors (Lipinski definition) is 3. The van der Waals surface area contributed by atoms with E-state index < -0.39 is 12.7 Å². The van der Waals surface area contributed by atoms with E-state index in [1.165, 1.54) is 4.90 Å². The summed E-state index contributed by atoms with van der Waals surface area (Å²) >= 11 is 0. The number of carbonyl (C=O) groups excluding carboxylic acids is 1. The van der Waals surface area contributed by atoms with Gasteiger partial charge in [-0.15, -0.1) is 0 Å². The van der Waals surface area contributed by atoms with Gasteiger partial charge in [-0.25, -0.2) is 0 Å². The molecule has 21 heavy (non-hydrogen) atoms. The van der Waals surface area contributed by atoms with E-state index in [1.54, 1.807) is 13.0 Å². The van der Waals surface area contributed by atoms with E-state index in [0.29, 0.717) is 38.2 Å². The Labute approximate surface area is 122 Å². The van der Waals surface area contributed by atoms with Crippen LogP contribution in [0.15, 0.2) is 24.3 Å². The predicted octanol–water partition coefficient (Wildman–Crippen LogP) is 2.96.